The Morgan fingerprint density at radius 1 is 1.20 bits per heavy atom. The largest absolute Gasteiger partial charge is 0.394 e. The molecule has 6 heteroatoms. The quantitative estimate of drug-likeness (QED) is 0.452. The lowest BCUT2D eigenvalue weighted by Crippen LogP contribution is -2.31. The first-order valence-corrected chi connectivity index (χ1v) is 4.83. The molecule has 0 rings (SSSR count). The summed E-state index contributed by atoms with van der Waals surface area (Å²) >= 11 is 0. The number of ether oxygens (including phenoxy) is 3. The first-order chi connectivity index (χ1) is 7.31. The highest BCUT2D eigenvalue weighted by Crippen LogP contribution is 1.77. The fourth-order valence-electron chi connectivity index (χ4n) is 0.787. The van der Waals surface area contributed by atoms with E-state index in [2.05, 4.69) is 5.32 Å². The van der Waals surface area contributed by atoms with E-state index >= 15 is 0 Å². The lowest BCUT2D eigenvalue weighted by atomic mass is 10.6. The Morgan fingerprint density at radius 2 is 2.00 bits per heavy atom. The van der Waals surface area contributed by atoms with Gasteiger partial charge in [0.1, 0.15) is 6.61 Å². The molecule has 0 fully saturated rings. The summed E-state index contributed by atoms with van der Waals surface area (Å²) in [4.78, 5) is 11.1. The van der Waals surface area contributed by atoms with Crippen LogP contribution in [0.4, 0.5) is 0 Å². The average molecular weight is 221 g/mol. The lowest BCUT2D eigenvalue weighted by molar-refractivity contribution is -0.126. The molecular formula is C9H19NO5. The standard InChI is InChI=1S/C9H19NO5/c1-13-6-7-15-8-9(12)10-2-4-14-5-3-11/h11H,2-8H2,1H3,(H,10,12). The van der Waals surface area contributed by atoms with Crippen LogP contribution in [0.3, 0.4) is 0 Å². The van der Waals surface area contributed by atoms with E-state index in [0.717, 1.165) is 0 Å². The van der Waals surface area contributed by atoms with Crippen molar-refractivity contribution in [1.29, 1.82) is 0 Å². The Balaban J connectivity index is 3.11. The minimum atomic E-state index is -0.182. The van der Waals surface area contributed by atoms with Crippen LogP contribution in [0.2, 0.25) is 0 Å². The number of aliphatic hydroxyl groups is 1. The van der Waals surface area contributed by atoms with Crippen LogP contribution in [0, 0.1) is 0 Å². The summed E-state index contributed by atoms with van der Waals surface area (Å²) in [7, 11) is 1.57. The summed E-state index contributed by atoms with van der Waals surface area (Å²) in [5.74, 6) is -0.182. The minimum Gasteiger partial charge on any atom is -0.394 e. The Kier molecular flexibility index (Phi) is 10.9. The van der Waals surface area contributed by atoms with Crippen LogP contribution in [-0.2, 0) is 19.0 Å². The van der Waals surface area contributed by atoms with E-state index in [4.69, 9.17) is 19.3 Å². The van der Waals surface area contributed by atoms with E-state index in [1.807, 2.05) is 0 Å². The number of amides is 1. The molecule has 0 aromatic heterocycles. The van der Waals surface area contributed by atoms with E-state index in [1.54, 1.807) is 7.11 Å². The molecule has 6 nitrogen and oxygen atoms in total. The summed E-state index contributed by atoms with van der Waals surface area (Å²) < 4.78 is 14.7. The predicted octanol–water partition coefficient (Wildman–Crippen LogP) is -1.23. The molecule has 0 heterocycles. The van der Waals surface area contributed by atoms with Gasteiger partial charge < -0.3 is 24.6 Å². The van der Waals surface area contributed by atoms with Crippen molar-refractivity contribution in [2.45, 2.75) is 0 Å². The minimum absolute atomic E-state index is 0.00588. The van der Waals surface area contributed by atoms with E-state index in [-0.39, 0.29) is 19.1 Å². The molecule has 0 saturated carbocycles. The van der Waals surface area contributed by atoms with Gasteiger partial charge in [-0.25, -0.2) is 0 Å². The molecule has 0 spiro atoms. The highest BCUT2D eigenvalue weighted by molar-refractivity contribution is 5.77. The molecule has 0 radical (unpaired) electrons. The molecular weight excluding hydrogens is 202 g/mol. The van der Waals surface area contributed by atoms with Crippen molar-refractivity contribution >= 4 is 5.91 Å². The molecule has 0 saturated heterocycles. The number of carbonyl (C=O) groups excluding carboxylic acids is 1. The SMILES string of the molecule is COCCOCC(=O)NCCOCCO. The van der Waals surface area contributed by atoms with Crippen molar-refractivity contribution in [1.82, 2.24) is 5.32 Å². The van der Waals surface area contributed by atoms with Gasteiger partial charge >= 0.3 is 0 Å². The third-order valence-electron chi connectivity index (χ3n) is 1.47. The molecule has 90 valence electrons. The molecule has 0 aromatic carbocycles. The predicted molar refractivity (Wildman–Crippen MR) is 53.6 cm³/mol. The van der Waals surface area contributed by atoms with Gasteiger partial charge in [-0.1, -0.05) is 0 Å². The number of hydrogen-bond acceptors (Lipinski definition) is 5. The van der Waals surface area contributed by atoms with Gasteiger partial charge in [0.15, 0.2) is 0 Å². The first-order valence-electron chi connectivity index (χ1n) is 4.83. The van der Waals surface area contributed by atoms with Gasteiger partial charge in [-0.2, -0.15) is 0 Å². The summed E-state index contributed by atoms with van der Waals surface area (Å²) in [5, 5.41) is 11.0. The molecule has 0 atom stereocenters. The molecule has 2 N–H and O–H groups in total. The zero-order chi connectivity index (χ0) is 11.4. The molecule has 15 heavy (non-hydrogen) atoms. The molecule has 1 amide bonds. The van der Waals surface area contributed by atoms with Crippen molar-refractivity contribution in [2.24, 2.45) is 0 Å². The second-order valence-electron chi connectivity index (χ2n) is 2.73. The van der Waals surface area contributed by atoms with E-state index < -0.39 is 0 Å². The third kappa shape index (κ3) is 11.2. The fraction of sp³-hybridized carbons (Fsp3) is 0.889. The van der Waals surface area contributed by atoms with Crippen LogP contribution in [0.5, 0.6) is 0 Å². The van der Waals surface area contributed by atoms with Crippen molar-refractivity contribution in [3.8, 4) is 0 Å². The monoisotopic (exact) mass is 221 g/mol. The van der Waals surface area contributed by atoms with Gasteiger partial charge in [0.05, 0.1) is 33.0 Å². The second kappa shape index (κ2) is 11.4. The van der Waals surface area contributed by atoms with Crippen LogP contribution >= 0.6 is 0 Å². The lowest BCUT2D eigenvalue weighted by Gasteiger charge is -2.06. The van der Waals surface area contributed by atoms with E-state index in [1.165, 1.54) is 0 Å². The van der Waals surface area contributed by atoms with Crippen LogP contribution in [-0.4, -0.2) is 64.3 Å². The zero-order valence-corrected chi connectivity index (χ0v) is 9.03. The van der Waals surface area contributed by atoms with Gasteiger partial charge in [-0.15, -0.1) is 0 Å². The smallest absolute Gasteiger partial charge is 0.246 e. The third-order valence-corrected chi connectivity index (χ3v) is 1.47. The number of carbonyl (C=O) groups is 1. The fourth-order valence-corrected chi connectivity index (χ4v) is 0.787. The maximum atomic E-state index is 11.1. The van der Waals surface area contributed by atoms with Gasteiger partial charge in [-0.05, 0) is 0 Å². The summed E-state index contributed by atoms with van der Waals surface area (Å²) in [5.41, 5.74) is 0. The van der Waals surface area contributed by atoms with Gasteiger partial charge in [-0.3, -0.25) is 4.79 Å². The Bertz CT molecular complexity index is 153. The normalized spacial score (nSPS) is 10.3. The summed E-state index contributed by atoms with van der Waals surface area (Å²) in [6, 6.07) is 0. The van der Waals surface area contributed by atoms with Crippen LogP contribution in [0.15, 0.2) is 0 Å². The van der Waals surface area contributed by atoms with Crippen molar-refractivity contribution < 1.29 is 24.1 Å². The first kappa shape index (κ1) is 14.3. The highest BCUT2D eigenvalue weighted by Gasteiger charge is 1.99. The molecule has 0 bridgehead atoms. The zero-order valence-electron chi connectivity index (χ0n) is 9.03. The number of methoxy groups -OCH3 is 1. The molecule has 0 aliphatic heterocycles. The van der Waals surface area contributed by atoms with Gasteiger partial charge in [0.25, 0.3) is 0 Å². The van der Waals surface area contributed by atoms with Gasteiger partial charge in [0.2, 0.25) is 5.91 Å². The van der Waals surface area contributed by atoms with Crippen LogP contribution in [0.1, 0.15) is 0 Å². The molecule has 0 aromatic rings. The number of aliphatic hydroxyl groups excluding tert-OH is 1. The number of hydrogen-bond donors (Lipinski definition) is 2. The van der Waals surface area contributed by atoms with Crippen molar-refractivity contribution in [3.05, 3.63) is 0 Å². The maximum absolute atomic E-state index is 11.1. The maximum Gasteiger partial charge on any atom is 0.246 e. The van der Waals surface area contributed by atoms with Gasteiger partial charge in [0, 0.05) is 13.7 Å². The van der Waals surface area contributed by atoms with Crippen LogP contribution in [0.25, 0.3) is 0 Å². The van der Waals surface area contributed by atoms with E-state index in [0.29, 0.717) is 33.0 Å². The number of rotatable bonds is 10. The molecule has 0 aliphatic carbocycles. The average Bonchev–Trinajstić information content (AvgIpc) is 2.24. The second-order valence-corrected chi connectivity index (χ2v) is 2.73. The topological polar surface area (TPSA) is 77.0 Å². The van der Waals surface area contributed by atoms with Crippen LogP contribution < -0.4 is 5.32 Å². The number of nitrogens with one attached hydrogen (secondary N) is 1. The summed E-state index contributed by atoms with van der Waals surface area (Å²) in [6.45, 7) is 2.02. The van der Waals surface area contributed by atoms with E-state index in [9.17, 15) is 4.79 Å². The van der Waals surface area contributed by atoms with Crippen molar-refractivity contribution in [3.63, 3.8) is 0 Å². The van der Waals surface area contributed by atoms with Crippen molar-refractivity contribution in [2.75, 3.05) is 53.3 Å². The Hall–Kier alpha value is -0.690. The Labute approximate surface area is 89.5 Å². The molecule has 0 aliphatic rings. The summed E-state index contributed by atoms with van der Waals surface area (Å²) in [6.07, 6.45) is 0. The Morgan fingerprint density at radius 3 is 2.67 bits per heavy atom. The molecule has 0 unspecified atom stereocenters. The highest BCUT2D eigenvalue weighted by atomic mass is 16.5.